The summed E-state index contributed by atoms with van der Waals surface area (Å²) in [4.78, 5) is 29.1. The van der Waals surface area contributed by atoms with Gasteiger partial charge in [-0.15, -0.1) is 11.3 Å². The molecule has 8 nitrogen and oxygen atoms in total. The highest BCUT2D eigenvalue weighted by atomic mass is 32.1. The highest BCUT2D eigenvalue weighted by Crippen LogP contribution is 2.31. The van der Waals surface area contributed by atoms with E-state index in [4.69, 9.17) is 4.74 Å². The Morgan fingerprint density at radius 3 is 2.56 bits per heavy atom. The third kappa shape index (κ3) is 4.95. The largest absolute Gasteiger partial charge is 0.378 e. The number of aromatic amines is 1. The molecule has 0 aliphatic carbocycles. The van der Waals surface area contributed by atoms with E-state index in [2.05, 4.69) is 25.7 Å². The minimum atomic E-state index is -0.781. The minimum absolute atomic E-state index is 0.279. The van der Waals surface area contributed by atoms with Crippen LogP contribution in [0.5, 0.6) is 0 Å². The molecule has 1 aliphatic heterocycles. The van der Waals surface area contributed by atoms with Crippen molar-refractivity contribution in [2.75, 3.05) is 36.5 Å². The third-order valence-corrected chi connectivity index (χ3v) is 7.22. The second-order valence-corrected chi connectivity index (χ2v) is 10.1. The Labute approximate surface area is 211 Å². The number of nitrogens with zero attached hydrogens (tertiary/aromatic N) is 2. The molecule has 1 fully saturated rings. The molecule has 2 aromatic heterocycles. The normalized spacial score (nSPS) is 14.1. The first-order valence-electron chi connectivity index (χ1n) is 11.6. The van der Waals surface area contributed by atoms with Crippen molar-refractivity contribution < 1.29 is 18.7 Å². The number of aromatic nitrogens is 2. The van der Waals surface area contributed by atoms with Crippen LogP contribution in [-0.2, 0) is 10.3 Å². The molecule has 186 valence electrons. The molecule has 4 aromatic rings. The Bertz CT molecular complexity index is 1410. The lowest BCUT2D eigenvalue weighted by Gasteiger charge is -2.28. The molecule has 0 bridgehead atoms. The van der Waals surface area contributed by atoms with Gasteiger partial charge in [-0.1, -0.05) is 12.1 Å². The lowest BCUT2D eigenvalue weighted by atomic mass is 9.94. The topological polar surface area (TPSA) is 99.4 Å². The predicted molar refractivity (Wildman–Crippen MR) is 138 cm³/mol. The van der Waals surface area contributed by atoms with Gasteiger partial charge in [0.15, 0.2) is 0 Å². The van der Waals surface area contributed by atoms with Crippen molar-refractivity contribution in [2.24, 2.45) is 0 Å². The third-order valence-electron chi connectivity index (χ3n) is 6.19. The summed E-state index contributed by atoms with van der Waals surface area (Å²) in [6, 6.07) is 15.3. The number of anilines is 2. The summed E-state index contributed by atoms with van der Waals surface area (Å²) in [6.45, 7) is 6.67. The summed E-state index contributed by atoms with van der Waals surface area (Å²) in [7, 11) is 0. The number of H-pyrrole nitrogens is 1. The van der Waals surface area contributed by atoms with Crippen molar-refractivity contribution in [3.05, 3.63) is 76.4 Å². The Balaban J connectivity index is 1.28. The number of ether oxygens (including phenoxy) is 1. The van der Waals surface area contributed by atoms with Crippen molar-refractivity contribution in [1.29, 1.82) is 0 Å². The zero-order valence-corrected chi connectivity index (χ0v) is 20.7. The number of thiophene rings is 1. The molecule has 0 radical (unpaired) electrons. The van der Waals surface area contributed by atoms with Gasteiger partial charge < -0.3 is 20.3 Å². The van der Waals surface area contributed by atoms with Crippen LogP contribution in [0.25, 0.3) is 10.2 Å². The van der Waals surface area contributed by atoms with Crippen LogP contribution >= 0.6 is 11.3 Å². The molecule has 0 atom stereocenters. The number of benzene rings is 2. The molecule has 2 amide bonds. The number of rotatable bonds is 6. The Morgan fingerprint density at radius 2 is 1.83 bits per heavy atom. The number of hydrogen-bond acceptors (Lipinski definition) is 6. The van der Waals surface area contributed by atoms with Gasteiger partial charge in [-0.3, -0.25) is 14.7 Å². The first kappa shape index (κ1) is 24.0. The lowest BCUT2D eigenvalue weighted by Crippen LogP contribution is -2.40. The maximum atomic E-state index is 13.7. The van der Waals surface area contributed by atoms with Crippen LogP contribution < -0.4 is 15.5 Å². The first-order valence-corrected chi connectivity index (χ1v) is 12.4. The molecule has 5 rings (SSSR count). The smallest absolute Gasteiger partial charge is 0.262 e. The van der Waals surface area contributed by atoms with Crippen molar-refractivity contribution in [2.45, 2.75) is 19.4 Å². The van der Waals surface area contributed by atoms with E-state index in [-0.39, 0.29) is 17.6 Å². The molecule has 0 unspecified atom stereocenters. The maximum absolute atomic E-state index is 13.7. The van der Waals surface area contributed by atoms with Gasteiger partial charge in [-0.25, -0.2) is 4.39 Å². The molecule has 3 heterocycles. The number of fused-ring (bicyclic) bond motifs is 1. The van der Waals surface area contributed by atoms with Crippen LogP contribution in [0.15, 0.2) is 54.6 Å². The van der Waals surface area contributed by atoms with Gasteiger partial charge in [-0.05, 0) is 61.9 Å². The number of amides is 2. The first-order chi connectivity index (χ1) is 17.3. The second-order valence-electron chi connectivity index (χ2n) is 9.12. The van der Waals surface area contributed by atoms with Crippen LogP contribution in [-0.4, -0.2) is 48.3 Å². The van der Waals surface area contributed by atoms with E-state index in [1.807, 2.05) is 26.0 Å². The standard InChI is InChI=1S/C26H26FN5O3S/c1-26(2,17-4-3-5-18(27)14-17)29-24(34)21-15-20-22(30-31-25(20)36-21)28-23(33)16-6-8-19(9-7-16)32-10-12-35-13-11-32/h3-9,14-15H,10-13H2,1-2H3,(H,29,34)(H2,28,30,31,33). The average Bonchev–Trinajstić information content (AvgIpc) is 3.46. The fraction of sp³-hybridized carbons (Fsp3) is 0.269. The highest BCUT2D eigenvalue weighted by molar-refractivity contribution is 7.20. The number of hydrogen-bond donors (Lipinski definition) is 3. The summed E-state index contributed by atoms with van der Waals surface area (Å²) >= 11 is 1.21. The van der Waals surface area contributed by atoms with Gasteiger partial charge >= 0.3 is 0 Å². The van der Waals surface area contributed by atoms with Crippen molar-refractivity contribution in [1.82, 2.24) is 15.5 Å². The Kier molecular flexibility index (Phi) is 6.46. The van der Waals surface area contributed by atoms with Gasteiger partial charge in [-0.2, -0.15) is 5.10 Å². The number of halogens is 1. The van der Waals surface area contributed by atoms with Gasteiger partial charge in [0.05, 0.1) is 29.0 Å². The molecule has 0 saturated carbocycles. The number of carbonyl (C=O) groups excluding carboxylic acids is 2. The van der Waals surface area contributed by atoms with E-state index in [1.165, 1.54) is 23.5 Å². The summed E-state index contributed by atoms with van der Waals surface area (Å²) < 4.78 is 19.1. The maximum Gasteiger partial charge on any atom is 0.262 e. The highest BCUT2D eigenvalue weighted by Gasteiger charge is 2.26. The predicted octanol–water partition coefficient (Wildman–Crippen LogP) is 4.52. The van der Waals surface area contributed by atoms with Gasteiger partial charge in [0.2, 0.25) is 0 Å². The van der Waals surface area contributed by atoms with Crippen LogP contribution in [0.1, 0.15) is 39.4 Å². The van der Waals surface area contributed by atoms with Crippen LogP contribution in [0.4, 0.5) is 15.9 Å². The molecule has 36 heavy (non-hydrogen) atoms. The molecule has 3 N–H and O–H groups in total. The number of carbonyl (C=O) groups is 2. The summed E-state index contributed by atoms with van der Waals surface area (Å²) in [6.07, 6.45) is 0. The Hall–Kier alpha value is -3.76. The molecular formula is C26H26FN5O3S. The van der Waals surface area contributed by atoms with Gasteiger partial charge in [0.25, 0.3) is 11.8 Å². The summed E-state index contributed by atoms with van der Waals surface area (Å²) in [5, 5.41) is 13.5. The van der Waals surface area contributed by atoms with Crippen LogP contribution in [0.3, 0.4) is 0 Å². The molecule has 1 aliphatic rings. The van der Waals surface area contributed by atoms with E-state index in [1.54, 1.807) is 30.3 Å². The van der Waals surface area contributed by atoms with Gasteiger partial charge in [0, 0.05) is 24.3 Å². The van der Waals surface area contributed by atoms with E-state index in [9.17, 15) is 14.0 Å². The average molecular weight is 508 g/mol. The fourth-order valence-corrected chi connectivity index (χ4v) is 5.03. The summed E-state index contributed by atoms with van der Waals surface area (Å²) in [5.41, 5.74) is 1.44. The summed E-state index contributed by atoms with van der Waals surface area (Å²) in [5.74, 6) is -0.519. The van der Waals surface area contributed by atoms with E-state index < -0.39 is 5.54 Å². The fourth-order valence-electron chi connectivity index (χ4n) is 4.14. The van der Waals surface area contributed by atoms with Crippen molar-refractivity contribution >= 4 is 44.9 Å². The van der Waals surface area contributed by atoms with E-state index in [0.29, 0.717) is 45.3 Å². The van der Waals surface area contributed by atoms with Crippen LogP contribution in [0.2, 0.25) is 0 Å². The number of morpholine rings is 1. The monoisotopic (exact) mass is 507 g/mol. The minimum Gasteiger partial charge on any atom is -0.378 e. The second kappa shape index (κ2) is 9.71. The van der Waals surface area contributed by atoms with Crippen molar-refractivity contribution in [3.63, 3.8) is 0 Å². The van der Waals surface area contributed by atoms with E-state index in [0.717, 1.165) is 18.8 Å². The molecule has 1 saturated heterocycles. The van der Waals surface area contributed by atoms with Crippen LogP contribution in [0, 0.1) is 5.82 Å². The van der Waals surface area contributed by atoms with E-state index >= 15 is 0 Å². The van der Waals surface area contributed by atoms with Gasteiger partial charge in [0.1, 0.15) is 16.5 Å². The van der Waals surface area contributed by atoms with Crippen molar-refractivity contribution in [3.8, 4) is 0 Å². The SMILES string of the molecule is CC(C)(NC(=O)c1cc2c(NC(=O)c3ccc(N4CCOCC4)cc3)[nH]nc2s1)c1cccc(F)c1. The molecule has 0 spiro atoms. The Morgan fingerprint density at radius 1 is 1.08 bits per heavy atom. The quantitative estimate of drug-likeness (QED) is 0.357. The zero-order chi connectivity index (χ0) is 25.3. The number of nitrogens with one attached hydrogen (secondary N) is 3. The zero-order valence-electron chi connectivity index (χ0n) is 19.9. The molecule has 10 heteroatoms. The lowest BCUT2D eigenvalue weighted by molar-refractivity contribution is 0.0915. The molecule has 2 aromatic carbocycles. The molecular weight excluding hydrogens is 481 g/mol.